The molecule has 30 valence electrons. The number of allylic oxidation sites excluding steroid dienone is 2. The molecule has 2 radical (unpaired) electrons. The molecule has 0 aromatic heterocycles. The van der Waals surface area contributed by atoms with E-state index in [1.807, 2.05) is 0 Å². The van der Waals surface area contributed by atoms with Crippen LogP contribution in [0.2, 0.25) is 0 Å². The van der Waals surface area contributed by atoms with E-state index < -0.39 is 0 Å². The summed E-state index contributed by atoms with van der Waals surface area (Å²) >= 11 is 0. The van der Waals surface area contributed by atoms with Crippen molar-refractivity contribution >= 4 is 5.78 Å². The Hall–Kier alpha value is -0.590. The third-order valence-electron chi connectivity index (χ3n) is 0.632. The molecule has 0 aromatic rings. The van der Waals surface area contributed by atoms with Crippen molar-refractivity contribution in [3.05, 3.63) is 25.0 Å². The van der Waals surface area contributed by atoms with E-state index in [4.69, 9.17) is 0 Å². The normalized spacial score (nSPS) is 19.7. The molecule has 0 aromatic carbocycles. The first-order valence-corrected chi connectivity index (χ1v) is 1.78. The Morgan fingerprint density at radius 1 is 1.50 bits per heavy atom. The van der Waals surface area contributed by atoms with Crippen molar-refractivity contribution in [1.82, 2.24) is 0 Å². The molecule has 1 aliphatic carbocycles. The number of hydrogen-bond donors (Lipinski definition) is 0. The predicted molar refractivity (Wildman–Crippen MR) is 22.7 cm³/mol. The summed E-state index contributed by atoms with van der Waals surface area (Å²) in [4.78, 5) is 10.1. The Balaban J connectivity index is 2.59. The summed E-state index contributed by atoms with van der Waals surface area (Å²) < 4.78 is 0. The molecular formula is C5H4O. The smallest absolute Gasteiger partial charge is 0.159 e. The van der Waals surface area contributed by atoms with Crippen LogP contribution in [-0.2, 0) is 4.79 Å². The Kier molecular flexibility index (Phi) is 0.748. The van der Waals surface area contributed by atoms with Gasteiger partial charge in [0.2, 0.25) is 0 Å². The summed E-state index contributed by atoms with van der Waals surface area (Å²) in [5, 5.41) is 0. The van der Waals surface area contributed by atoms with Crippen LogP contribution in [-0.4, -0.2) is 5.78 Å². The first-order chi connectivity index (χ1) is 2.89. The van der Waals surface area contributed by atoms with Crippen LogP contribution in [0.1, 0.15) is 0 Å². The van der Waals surface area contributed by atoms with E-state index in [1.54, 1.807) is 12.5 Å². The van der Waals surface area contributed by atoms with Gasteiger partial charge in [0.25, 0.3) is 0 Å². The number of ketones is 1. The van der Waals surface area contributed by atoms with Gasteiger partial charge in [-0.2, -0.15) is 0 Å². The zero-order valence-electron chi connectivity index (χ0n) is 3.22. The van der Waals surface area contributed by atoms with Gasteiger partial charge in [0, 0.05) is 6.42 Å². The lowest BCUT2D eigenvalue weighted by Crippen LogP contribution is -1.82. The zero-order chi connectivity index (χ0) is 4.41. The first kappa shape index (κ1) is 3.59. The van der Waals surface area contributed by atoms with Gasteiger partial charge in [0.1, 0.15) is 0 Å². The summed E-state index contributed by atoms with van der Waals surface area (Å²) in [6.07, 6.45) is 6.50. The summed E-state index contributed by atoms with van der Waals surface area (Å²) in [5.74, 6) is 0.0926. The summed E-state index contributed by atoms with van der Waals surface area (Å²) in [7, 11) is 0. The summed E-state index contributed by atoms with van der Waals surface area (Å²) in [5.41, 5.74) is 0. The molecule has 0 N–H and O–H groups in total. The molecular weight excluding hydrogens is 76.1 g/mol. The Labute approximate surface area is 36.7 Å². The van der Waals surface area contributed by atoms with Gasteiger partial charge in [-0.3, -0.25) is 4.79 Å². The molecule has 0 saturated heterocycles. The molecule has 0 atom stereocenters. The van der Waals surface area contributed by atoms with Gasteiger partial charge < -0.3 is 0 Å². The number of carbonyl (C=O) groups excluding carboxylic acids is 1. The molecule has 0 unspecified atom stereocenters. The van der Waals surface area contributed by atoms with Gasteiger partial charge in [-0.1, -0.05) is 6.08 Å². The van der Waals surface area contributed by atoms with Crippen molar-refractivity contribution in [3.63, 3.8) is 0 Å². The highest BCUT2D eigenvalue weighted by molar-refractivity contribution is 6.01. The van der Waals surface area contributed by atoms with Crippen LogP contribution in [0.4, 0.5) is 0 Å². The van der Waals surface area contributed by atoms with Crippen LogP contribution >= 0.6 is 0 Å². The highest BCUT2D eigenvalue weighted by atomic mass is 16.1. The van der Waals surface area contributed by atoms with E-state index in [0.29, 0.717) is 0 Å². The number of hydrogen-bond acceptors (Lipinski definition) is 1. The summed E-state index contributed by atoms with van der Waals surface area (Å²) in [6.45, 7) is 0. The Morgan fingerprint density at radius 3 is 2.50 bits per heavy atom. The molecule has 0 fully saturated rings. The van der Waals surface area contributed by atoms with Crippen molar-refractivity contribution in [2.75, 3.05) is 0 Å². The third-order valence-corrected chi connectivity index (χ3v) is 0.632. The van der Waals surface area contributed by atoms with Crippen LogP contribution in [0.25, 0.3) is 0 Å². The van der Waals surface area contributed by atoms with Crippen LogP contribution in [0, 0.1) is 12.8 Å². The summed E-state index contributed by atoms with van der Waals surface area (Å²) in [6, 6.07) is 0. The molecule has 1 heteroatoms. The van der Waals surface area contributed by atoms with Crippen LogP contribution < -0.4 is 0 Å². The fraction of sp³-hybridized carbons (Fsp3) is 0. The van der Waals surface area contributed by atoms with Gasteiger partial charge in [0.15, 0.2) is 5.78 Å². The lowest BCUT2D eigenvalue weighted by Gasteiger charge is -1.69. The lowest BCUT2D eigenvalue weighted by atomic mass is 10.3. The standard InChI is InChI=1S/C5H4O/c6-5-3-1-2-4-5/h1-4H. The molecule has 0 bridgehead atoms. The predicted octanol–water partition coefficient (Wildman–Crippen LogP) is 0.534. The van der Waals surface area contributed by atoms with E-state index in [2.05, 4.69) is 0 Å². The van der Waals surface area contributed by atoms with E-state index in [0.717, 1.165) is 0 Å². The number of rotatable bonds is 0. The highest BCUT2D eigenvalue weighted by Crippen LogP contribution is 1.98. The molecule has 1 rings (SSSR count). The van der Waals surface area contributed by atoms with Gasteiger partial charge in [-0.05, 0) is 12.5 Å². The van der Waals surface area contributed by atoms with E-state index >= 15 is 0 Å². The van der Waals surface area contributed by atoms with Crippen molar-refractivity contribution in [3.8, 4) is 0 Å². The SMILES string of the molecule is O=C1[CH][CH]C=C1. The largest absolute Gasteiger partial charge is 0.295 e. The van der Waals surface area contributed by atoms with Gasteiger partial charge in [-0.15, -0.1) is 0 Å². The quantitative estimate of drug-likeness (QED) is 0.415. The molecule has 0 amide bonds. The van der Waals surface area contributed by atoms with Gasteiger partial charge in [-0.25, -0.2) is 0 Å². The molecule has 0 spiro atoms. The Bertz CT molecular complexity index is 92.1. The molecule has 0 aliphatic heterocycles. The second-order valence-electron chi connectivity index (χ2n) is 1.12. The van der Waals surface area contributed by atoms with Gasteiger partial charge in [0.05, 0.1) is 0 Å². The average Bonchev–Trinajstić information content (AvgIpc) is 1.86. The molecule has 1 aliphatic rings. The van der Waals surface area contributed by atoms with Crippen molar-refractivity contribution in [1.29, 1.82) is 0 Å². The molecule has 0 saturated carbocycles. The second kappa shape index (κ2) is 1.25. The van der Waals surface area contributed by atoms with Crippen molar-refractivity contribution in [2.45, 2.75) is 0 Å². The second-order valence-corrected chi connectivity index (χ2v) is 1.12. The minimum absolute atomic E-state index is 0.0926. The van der Waals surface area contributed by atoms with Crippen molar-refractivity contribution < 1.29 is 4.79 Å². The zero-order valence-corrected chi connectivity index (χ0v) is 3.22. The maximum absolute atomic E-state index is 10.1. The van der Waals surface area contributed by atoms with Crippen LogP contribution in [0.3, 0.4) is 0 Å². The molecule has 1 nitrogen and oxygen atoms in total. The van der Waals surface area contributed by atoms with Crippen LogP contribution in [0.15, 0.2) is 12.2 Å². The maximum Gasteiger partial charge on any atom is 0.159 e. The fourth-order valence-electron chi connectivity index (χ4n) is 0.356. The highest BCUT2D eigenvalue weighted by Gasteiger charge is 1.99. The van der Waals surface area contributed by atoms with Gasteiger partial charge >= 0.3 is 0 Å². The lowest BCUT2D eigenvalue weighted by molar-refractivity contribution is -0.111. The van der Waals surface area contributed by atoms with Crippen molar-refractivity contribution in [2.24, 2.45) is 0 Å². The minimum Gasteiger partial charge on any atom is -0.295 e. The fourth-order valence-corrected chi connectivity index (χ4v) is 0.356. The number of carbonyl (C=O) groups is 1. The van der Waals surface area contributed by atoms with E-state index in [9.17, 15) is 4.79 Å². The monoisotopic (exact) mass is 80.0 g/mol. The molecule has 6 heavy (non-hydrogen) atoms. The van der Waals surface area contributed by atoms with E-state index in [-0.39, 0.29) is 5.78 Å². The third kappa shape index (κ3) is 0.482. The topological polar surface area (TPSA) is 17.1 Å². The first-order valence-electron chi connectivity index (χ1n) is 1.78. The Morgan fingerprint density at radius 2 is 2.33 bits per heavy atom. The average molecular weight is 80.1 g/mol. The van der Waals surface area contributed by atoms with E-state index in [1.165, 1.54) is 12.5 Å². The van der Waals surface area contributed by atoms with Crippen LogP contribution in [0.5, 0.6) is 0 Å². The maximum atomic E-state index is 10.1. The minimum atomic E-state index is 0.0926. The molecule has 0 heterocycles.